The highest BCUT2D eigenvalue weighted by Gasteiger charge is 2.52. The van der Waals surface area contributed by atoms with Crippen LogP contribution in [0.15, 0.2) is 186 Å². The van der Waals surface area contributed by atoms with Crippen molar-refractivity contribution in [2.45, 2.75) is 5.41 Å². The summed E-state index contributed by atoms with van der Waals surface area (Å²) < 4.78 is 6.64. The number of hydrogen-bond donors (Lipinski definition) is 0. The highest BCUT2D eigenvalue weighted by atomic mass is 16.3. The topological polar surface area (TPSA) is 13.1 Å². The molecular formula is C51H30O. The highest BCUT2D eigenvalue weighted by molar-refractivity contribution is 6.19. The molecule has 1 aromatic heterocycles. The van der Waals surface area contributed by atoms with E-state index in [0.717, 1.165) is 27.3 Å². The molecule has 9 aromatic carbocycles. The van der Waals surface area contributed by atoms with E-state index in [1.807, 2.05) is 0 Å². The molecule has 0 atom stereocenters. The van der Waals surface area contributed by atoms with Gasteiger partial charge in [-0.15, -0.1) is 0 Å². The first-order valence-corrected chi connectivity index (χ1v) is 18.1. The maximum Gasteiger partial charge on any atom is 0.143 e. The highest BCUT2D eigenvalue weighted by Crippen LogP contribution is 2.64. The largest absolute Gasteiger partial charge is 0.455 e. The van der Waals surface area contributed by atoms with Crippen LogP contribution in [-0.4, -0.2) is 0 Å². The lowest BCUT2D eigenvalue weighted by molar-refractivity contribution is 0.673. The first-order valence-electron chi connectivity index (χ1n) is 18.1. The van der Waals surface area contributed by atoms with Crippen molar-refractivity contribution in [1.82, 2.24) is 0 Å². The first kappa shape index (κ1) is 28.0. The van der Waals surface area contributed by atoms with Gasteiger partial charge in [-0.3, -0.25) is 0 Å². The Balaban J connectivity index is 1.19. The van der Waals surface area contributed by atoms with Gasteiger partial charge in [-0.1, -0.05) is 164 Å². The summed E-state index contributed by atoms with van der Waals surface area (Å²) >= 11 is 0. The van der Waals surface area contributed by atoms with Gasteiger partial charge in [0.05, 0.1) is 5.41 Å². The zero-order valence-corrected chi connectivity index (χ0v) is 28.2. The molecule has 12 rings (SSSR count). The van der Waals surface area contributed by atoms with Crippen molar-refractivity contribution >= 4 is 43.5 Å². The van der Waals surface area contributed by atoms with Crippen LogP contribution in [0.2, 0.25) is 0 Å². The molecule has 10 aromatic rings. The minimum absolute atomic E-state index is 0.416. The van der Waals surface area contributed by atoms with Crippen LogP contribution in [0.3, 0.4) is 0 Å². The number of hydrogen-bond acceptors (Lipinski definition) is 1. The van der Waals surface area contributed by atoms with E-state index in [1.54, 1.807) is 0 Å². The van der Waals surface area contributed by atoms with Crippen molar-refractivity contribution in [3.05, 3.63) is 204 Å². The second-order valence-electron chi connectivity index (χ2n) is 14.3. The second kappa shape index (κ2) is 10.2. The Labute approximate surface area is 301 Å². The van der Waals surface area contributed by atoms with E-state index < -0.39 is 5.41 Å². The molecule has 1 nitrogen and oxygen atoms in total. The zero-order valence-electron chi connectivity index (χ0n) is 28.2. The van der Waals surface area contributed by atoms with Gasteiger partial charge in [0.2, 0.25) is 0 Å². The number of rotatable bonds is 2. The lowest BCUT2D eigenvalue weighted by atomic mass is 9.70. The van der Waals surface area contributed by atoms with Gasteiger partial charge in [0.1, 0.15) is 11.2 Å². The third kappa shape index (κ3) is 3.48. The van der Waals surface area contributed by atoms with Crippen LogP contribution >= 0.6 is 0 Å². The lowest BCUT2D eigenvalue weighted by Crippen LogP contribution is -2.25. The van der Waals surface area contributed by atoms with Gasteiger partial charge in [-0.05, 0) is 101 Å². The van der Waals surface area contributed by atoms with Crippen LogP contribution in [-0.2, 0) is 5.41 Å². The average molecular weight is 659 g/mol. The SMILES string of the molecule is c1ccc(-c2cccc3c4c(ccc23)C2(c3ccccc3-c3ccccc32)c2ccc(-c3cccc5oc6c7ccccc7ccc6c35)cc2-4)cc1. The van der Waals surface area contributed by atoms with E-state index in [4.69, 9.17) is 4.42 Å². The molecule has 0 bridgehead atoms. The smallest absolute Gasteiger partial charge is 0.143 e. The third-order valence-electron chi connectivity index (χ3n) is 11.9. The summed E-state index contributed by atoms with van der Waals surface area (Å²) in [6.45, 7) is 0. The van der Waals surface area contributed by atoms with Crippen molar-refractivity contribution in [2.24, 2.45) is 0 Å². The first-order chi connectivity index (χ1) is 25.8. The average Bonchev–Trinajstić information content (AvgIpc) is 3.85. The lowest BCUT2D eigenvalue weighted by Gasteiger charge is -2.30. The molecular weight excluding hydrogens is 629 g/mol. The summed E-state index contributed by atoms with van der Waals surface area (Å²) in [7, 11) is 0. The molecule has 0 N–H and O–H groups in total. The molecule has 1 spiro atoms. The molecule has 0 saturated carbocycles. The van der Waals surface area contributed by atoms with Crippen molar-refractivity contribution in [3.8, 4) is 44.5 Å². The molecule has 2 aliphatic carbocycles. The van der Waals surface area contributed by atoms with Gasteiger partial charge in [-0.25, -0.2) is 0 Å². The van der Waals surface area contributed by atoms with Crippen LogP contribution in [0, 0.1) is 0 Å². The summed E-state index contributed by atoms with van der Waals surface area (Å²) in [6.07, 6.45) is 0. The Hall–Kier alpha value is -6.70. The monoisotopic (exact) mass is 658 g/mol. The Morgan fingerprint density at radius 3 is 1.83 bits per heavy atom. The minimum Gasteiger partial charge on any atom is -0.455 e. The summed E-state index contributed by atoms with van der Waals surface area (Å²) in [5, 5.41) is 7.21. The van der Waals surface area contributed by atoms with Crippen molar-refractivity contribution in [1.29, 1.82) is 0 Å². The van der Waals surface area contributed by atoms with E-state index in [0.29, 0.717) is 0 Å². The van der Waals surface area contributed by atoms with E-state index in [2.05, 4.69) is 182 Å². The number of benzene rings is 9. The molecule has 0 fully saturated rings. The quantitative estimate of drug-likeness (QED) is 0.180. The van der Waals surface area contributed by atoms with Crippen molar-refractivity contribution in [2.75, 3.05) is 0 Å². The Bertz CT molecular complexity index is 3080. The summed E-state index contributed by atoms with van der Waals surface area (Å²) in [5.74, 6) is 0. The predicted molar refractivity (Wildman–Crippen MR) is 216 cm³/mol. The maximum absolute atomic E-state index is 6.64. The summed E-state index contributed by atoms with van der Waals surface area (Å²) in [4.78, 5) is 0. The fourth-order valence-electron chi connectivity index (χ4n) is 9.83. The van der Waals surface area contributed by atoms with Gasteiger partial charge < -0.3 is 4.42 Å². The Kier molecular flexibility index (Phi) is 5.49. The number of furan rings is 1. The second-order valence-corrected chi connectivity index (χ2v) is 14.3. The standard InChI is InChI=1S/C51H30O/c1-2-12-31(13-3-1)34-18-10-20-40-37(34)27-29-46-48(40)42-30-33(25-28-45(42)51(46)43-21-8-6-16-38(43)39-17-7-9-22-44(39)51)35-19-11-23-47-49(35)41-26-24-32-14-4-5-15-36(32)50(41)52-47/h1-30H. The molecule has 0 amide bonds. The number of fused-ring (bicyclic) bond motifs is 17. The molecule has 240 valence electrons. The van der Waals surface area contributed by atoms with E-state index in [1.165, 1.54) is 82.9 Å². The van der Waals surface area contributed by atoms with Crippen LogP contribution in [0.5, 0.6) is 0 Å². The van der Waals surface area contributed by atoms with Crippen LogP contribution in [0.25, 0.3) is 88.0 Å². The molecule has 52 heavy (non-hydrogen) atoms. The zero-order chi connectivity index (χ0) is 34.0. The predicted octanol–water partition coefficient (Wildman–Crippen LogP) is 13.6. The van der Waals surface area contributed by atoms with Crippen LogP contribution in [0.4, 0.5) is 0 Å². The Morgan fingerprint density at radius 1 is 0.346 bits per heavy atom. The normalized spacial score (nSPS) is 13.5. The summed E-state index contributed by atoms with van der Waals surface area (Å²) in [6, 6.07) is 67.2. The molecule has 0 unspecified atom stereocenters. The summed E-state index contributed by atoms with van der Waals surface area (Å²) in [5.41, 5.74) is 17.0. The van der Waals surface area contributed by atoms with Gasteiger partial charge in [-0.2, -0.15) is 0 Å². The van der Waals surface area contributed by atoms with Crippen LogP contribution in [0.1, 0.15) is 22.3 Å². The van der Waals surface area contributed by atoms with E-state index >= 15 is 0 Å². The molecule has 0 saturated heterocycles. The maximum atomic E-state index is 6.64. The van der Waals surface area contributed by atoms with Crippen molar-refractivity contribution in [3.63, 3.8) is 0 Å². The van der Waals surface area contributed by atoms with Gasteiger partial charge in [0, 0.05) is 16.2 Å². The van der Waals surface area contributed by atoms with Gasteiger partial charge in [0.15, 0.2) is 0 Å². The van der Waals surface area contributed by atoms with Crippen LogP contribution < -0.4 is 0 Å². The Morgan fingerprint density at radius 2 is 0.981 bits per heavy atom. The fraction of sp³-hybridized carbons (Fsp3) is 0.0196. The molecule has 2 aliphatic rings. The van der Waals surface area contributed by atoms with Crippen molar-refractivity contribution < 1.29 is 4.42 Å². The molecule has 1 heterocycles. The fourth-order valence-corrected chi connectivity index (χ4v) is 9.83. The molecule has 1 heteroatoms. The molecule has 0 radical (unpaired) electrons. The minimum atomic E-state index is -0.416. The van der Waals surface area contributed by atoms with E-state index in [9.17, 15) is 0 Å². The third-order valence-corrected chi connectivity index (χ3v) is 11.9. The van der Waals surface area contributed by atoms with Gasteiger partial charge >= 0.3 is 0 Å². The molecule has 0 aliphatic heterocycles. The van der Waals surface area contributed by atoms with Gasteiger partial charge in [0.25, 0.3) is 0 Å². The van der Waals surface area contributed by atoms with E-state index in [-0.39, 0.29) is 0 Å².